The number of aliphatic hydroxyl groups excluding tert-OH is 1. The van der Waals surface area contributed by atoms with Crippen LogP contribution in [0.5, 0.6) is 0 Å². The zero-order chi connectivity index (χ0) is 10.8. The van der Waals surface area contributed by atoms with E-state index in [1.54, 1.807) is 23.1 Å². The van der Waals surface area contributed by atoms with E-state index in [4.69, 9.17) is 0 Å². The summed E-state index contributed by atoms with van der Waals surface area (Å²) in [6, 6.07) is 6.13. The average Bonchev–Trinajstić information content (AvgIpc) is 2.65. The van der Waals surface area contributed by atoms with E-state index in [0.717, 1.165) is 12.1 Å². The average molecular weight is 206 g/mol. The van der Waals surface area contributed by atoms with E-state index in [1.807, 2.05) is 0 Å². The number of benzene rings is 1. The van der Waals surface area contributed by atoms with Gasteiger partial charge in [0, 0.05) is 24.4 Å². The van der Waals surface area contributed by atoms with Crippen LogP contribution in [-0.2, 0) is 0 Å². The number of nitro groups is 1. The first-order valence-corrected chi connectivity index (χ1v) is 4.59. The number of rotatable bonds is 2. The lowest BCUT2D eigenvalue weighted by molar-refractivity contribution is -0.384. The van der Waals surface area contributed by atoms with Crippen LogP contribution in [0.1, 0.15) is 6.42 Å². The Morgan fingerprint density at radius 1 is 1.33 bits per heavy atom. The zero-order valence-corrected chi connectivity index (χ0v) is 7.96. The van der Waals surface area contributed by atoms with E-state index < -0.39 is 4.92 Å². The molecule has 0 amide bonds. The molecule has 0 radical (unpaired) electrons. The van der Waals surface area contributed by atoms with E-state index in [2.05, 4.69) is 0 Å². The number of aliphatic hydroxyl groups is 1. The third kappa shape index (κ3) is 1.76. The Hall–Kier alpha value is -2.04. The zero-order valence-electron chi connectivity index (χ0n) is 7.96. The highest BCUT2D eigenvalue weighted by molar-refractivity contribution is 5.55. The molecule has 0 aromatic heterocycles. The molecule has 1 aromatic carbocycles. The Labute approximate surface area is 86.4 Å². The third-order valence-corrected chi connectivity index (χ3v) is 2.33. The van der Waals surface area contributed by atoms with Gasteiger partial charge in [-0.3, -0.25) is 10.1 Å². The molecule has 5 nitrogen and oxygen atoms in total. The largest absolute Gasteiger partial charge is 0.495 e. The Balaban J connectivity index is 2.24. The Morgan fingerprint density at radius 2 is 2.00 bits per heavy atom. The van der Waals surface area contributed by atoms with Gasteiger partial charge in [-0.05, 0) is 24.6 Å². The van der Waals surface area contributed by atoms with E-state index in [1.165, 1.54) is 12.1 Å². The van der Waals surface area contributed by atoms with Crippen LogP contribution in [0, 0.1) is 10.1 Å². The standard InChI is InChI=1S/C10H10N2O3/c13-10-2-1-7-11(10)8-3-5-9(6-4-8)12(14)15/h2-6,13H,1,7H2. The fourth-order valence-corrected chi connectivity index (χ4v) is 1.56. The van der Waals surface area contributed by atoms with Gasteiger partial charge in [0.1, 0.15) is 0 Å². The van der Waals surface area contributed by atoms with Crippen LogP contribution in [0.15, 0.2) is 36.2 Å². The Morgan fingerprint density at radius 3 is 2.47 bits per heavy atom. The van der Waals surface area contributed by atoms with Crippen molar-refractivity contribution in [1.29, 1.82) is 0 Å². The molecule has 0 saturated heterocycles. The molecule has 0 atom stereocenters. The number of nitro benzene ring substituents is 1. The van der Waals surface area contributed by atoms with Crippen LogP contribution >= 0.6 is 0 Å². The summed E-state index contributed by atoms with van der Waals surface area (Å²) in [4.78, 5) is 11.7. The molecule has 0 spiro atoms. The molecule has 0 bridgehead atoms. The number of hydrogen-bond acceptors (Lipinski definition) is 4. The van der Waals surface area contributed by atoms with Crippen molar-refractivity contribution in [2.45, 2.75) is 6.42 Å². The molecule has 1 aliphatic heterocycles. The van der Waals surface area contributed by atoms with E-state index in [9.17, 15) is 15.2 Å². The highest BCUT2D eigenvalue weighted by Crippen LogP contribution is 2.24. The summed E-state index contributed by atoms with van der Waals surface area (Å²) in [5, 5.41) is 19.9. The van der Waals surface area contributed by atoms with Gasteiger partial charge in [-0.1, -0.05) is 0 Å². The predicted octanol–water partition coefficient (Wildman–Crippen LogP) is 2.20. The van der Waals surface area contributed by atoms with Gasteiger partial charge >= 0.3 is 0 Å². The number of non-ortho nitro benzene ring substituents is 1. The number of anilines is 1. The molecule has 2 rings (SSSR count). The molecule has 0 fully saturated rings. The molecule has 1 aromatic rings. The van der Waals surface area contributed by atoms with Crippen molar-refractivity contribution in [3.05, 3.63) is 46.3 Å². The molecule has 1 heterocycles. The first-order chi connectivity index (χ1) is 7.18. The summed E-state index contributed by atoms with van der Waals surface area (Å²) in [5.41, 5.74) is 0.827. The third-order valence-electron chi connectivity index (χ3n) is 2.33. The fraction of sp³-hybridized carbons (Fsp3) is 0.200. The van der Waals surface area contributed by atoms with Crippen molar-refractivity contribution in [3.63, 3.8) is 0 Å². The lowest BCUT2D eigenvalue weighted by atomic mass is 10.2. The fourth-order valence-electron chi connectivity index (χ4n) is 1.56. The normalized spacial score (nSPS) is 15.2. The first kappa shape index (κ1) is 9.51. The van der Waals surface area contributed by atoms with Gasteiger partial charge in [-0.2, -0.15) is 0 Å². The second kappa shape index (κ2) is 3.61. The maximum atomic E-state index is 10.4. The van der Waals surface area contributed by atoms with Crippen molar-refractivity contribution in [2.75, 3.05) is 11.4 Å². The Kier molecular flexibility index (Phi) is 2.29. The van der Waals surface area contributed by atoms with Gasteiger partial charge in [0.25, 0.3) is 5.69 Å². The molecule has 15 heavy (non-hydrogen) atoms. The van der Waals surface area contributed by atoms with E-state index in [-0.39, 0.29) is 11.6 Å². The summed E-state index contributed by atoms with van der Waals surface area (Å²) in [6.07, 6.45) is 2.52. The summed E-state index contributed by atoms with van der Waals surface area (Å²) < 4.78 is 0. The van der Waals surface area contributed by atoms with Crippen molar-refractivity contribution < 1.29 is 10.0 Å². The molecule has 1 aliphatic rings. The smallest absolute Gasteiger partial charge is 0.269 e. The second-order valence-corrected chi connectivity index (χ2v) is 3.28. The van der Waals surface area contributed by atoms with Gasteiger partial charge in [0.05, 0.1) is 4.92 Å². The Bertz CT molecular complexity index is 411. The summed E-state index contributed by atoms with van der Waals surface area (Å²) in [6.45, 7) is 0.712. The predicted molar refractivity (Wildman–Crippen MR) is 55.8 cm³/mol. The van der Waals surface area contributed by atoms with Gasteiger partial charge in [0.15, 0.2) is 5.88 Å². The topological polar surface area (TPSA) is 66.6 Å². The van der Waals surface area contributed by atoms with Crippen molar-refractivity contribution in [3.8, 4) is 0 Å². The lowest BCUT2D eigenvalue weighted by Crippen LogP contribution is -2.17. The van der Waals surface area contributed by atoms with Crippen molar-refractivity contribution in [1.82, 2.24) is 0 Å². The molecule has 0 aliphatic carbocycles. The highest BCUT2D eigenvalue weighted by Gasteiger charge is 2.16. The van der Waals surface area contributed by atoms with E-state index in [0.29, 0.717) is 6.54 Å². The molecule has 5 heteroatoms. The van der Waals surface area contributed by atoms with E-state index >= 15 is 0 Å². The summed E-state index contributed by atoms with van der Waals surface area (Å²) in [7, 11) is 0. The van der Waals surface area contributed by atoms with Crippen LogP contribution < -0.4 is 4.90 Å². The molecule has 0 saturated carbocycles. The molecule has 78 valence electrons. The molecule has 0 unspecified atom stereocenters. The minimum atomic E-state index is -0.441. The SMILES string of the molecule is O=[N+]([O-])c1ccc(N2CCC=C2O)cc1. The van der Waals surface area contributed by atoms with Crippen LogP contribution in [0.3, 0.4) is 0 Å². The minimum Gasteiger partial charge on any atom is -0.495 e. The molecule has 1 N–H and O–H groups in total. The van der Waals surface area contributed by atoms with Crippen LogP contribution in [0.25, 0.3) is 0 Å². The quantitative estimate of drug-likeness (QED) is 0.595. The summed E-state index contributed by atoms with van der Waals surface area (Å²) in [5.74, 6) is 0.212. The second-order valence-electron chi connectivity index (χ2n) is 3.28. The number of hydrogen-bond donors (Lipinski definition) is 1. The monoisotopic (exact) mass is 206 g/mol. The van der Waals surface area contributed by atoms with Crippen molar-refractivity contribution >= 4 is 11.4 Å². The molecular weight excluding hydrogens is 196 g/mol. The lowest BCUT2D eigenvalue weighted by Gasteiger charge is -2.17. The van der Waals surface area contributed by atoms with Gasteiger partial charge in [-0.25, -0.2) is 0 Å². The maximum Gasteiger partial charge on any atom is 0.269 e. The minimum absolute atomic E-state index is 0.0569. The first-order valence-electron chi connectivity index (χ1n) is 4.59. The van der Waals surface area contributed by atoms with Crippen LogP contribution in [0.2, 0.25) is 0 Å². The van der Waals surface area contributed by atoms with Crippen LogP contribution in [-0.4, -0.2) is 16.6 Å². The van der Waals surface area contributed by atoms with Gasteiger partial charge in [0.2, 0.25) is 0 Å². The van der Waals surface area contributed by atoms with Gasteiger partial charge in [-0.15, -0.1) is 0 Å². The van der Waals surface area contributed by atoms with Gasteiger partial charge < -0.3 is 10.0 Å². The van der Waals surface area contributed by atoms with Crippen LogP contribution in [0.4, 0.5) is 11.4 Å². The van der Waals surface area contributed by atoms with Crippen molar-refractivity contribution in [2.24, 2.45) is 0 Å². The number of nitrogens with zero attached hydrogens (tertiary/aromatic N) is 2. The summed E-state index contributed by atoms with van der Waals surface area (Å²) >= 11 is 0. The maximum absolute atomic E-state index is 10.4. The highest BCUT2D eigenvalue weighted by atomic mass is 16.6. The molecular formula is C10H10N2O3.